The van der Waals surface area contributed by atoms with E-state index in [9.17, 15) is 4.79 Å². The summed E-state index contributed by atoms with van der Waals surface area (Å²) >= 11 is 0. The number of aryl methyl sites for hydroxylation is 1. The van der Waals surface area contributed by atoms with Gasteiger partial charge in [-0.15, -0.1) is 0 Å². The summed E-state index contributed by atoms with van der Waals surface area (Å²) in [6.07, 6.45) is 4.22. The Balaban J connectivity index is 1.63. The zero-order chi connectivity index (χ0) is 22.9. The maximum Gasteiger partial charge on any atom is 0.495 e. The third-order valence-corrected chi connectivity index (χ3v) is 5.64. The number of amides is 1. The number of carbonyl (C=O) groups is 1. The fourth-order valence-corrected chi connectivity index (χ4v) is 3.31. The minimum Gasteiger partial charge on any atom is -0.444 e. The van der Waals surface area contributed by atoms with Crippen molar-refractivity contribution in [2.75, 3.05) is 6.54 Å². The highest BCUT2D eigenvalue weighted by Crippen LogP contribution is 2.37. The van der Waals surface area contributed by atoms with E-state index >= 15 is 0 Å². The summed E-state index contributed by atoms with van der Waals surface area (Å²) in [6.45, 7) is 15.0. The zero-order valence-electron chi connectivity index (χ0n) is 19.7. The van der Waals surface area contributed by atoms with Crippen molar-refractivity contribution in [3.63, 3.8) is 0 Å². The summed E-state index contributed by atoms with van der Waals surface area (Å²) in [5.41, 5.74) is 1.76. The maximum absolute atomic E-state index is 11.7. The van der Waals surface area contributed by atoms with E-state index in [0.29, 0.717) is 13.1 Å². The Labute approximate surface area is 185 Å². The van der Waals surface area contributed by atoms with Crippen LogP contribution in [-0.4, -0.2) is 46.3 Å². The summed E-state index contributed by atoms with van der Waals surface area (Å²) in [6, 6.07) is 8.11. The molecule has 0 bridgehead atoms. The Morgan fingerprint density at radius 2 is 1.81 bits per heavy atom. The van der Waals surface area contributed by atoms with Gasteiger partial charge in [-0.1, -0.05) is 24.3 Å². The Hall–Kier alpha value is -2.32. The van der Waals surface area contributed by atoms with Crippen LogP contribution in [0.1, 0.15) is 54.9 Å². The molecular weight excluding hydrogens is 393 g/mol. The van der Waals surface area contributed by atoms with Gasteiger partial charge in [0.15, 0.2) is 0 Å². The van der Waals surface area contributed by atoms with Gasteiger partial charge in [0, 0.05) is 24.8 Å². The van der Waals surface area contributed by atoms with E-state index in [1.54, 1.807) is 0 Å². The van der Waals surface area contributed by atoms with E-state index in [1.165, 1.54) is 0 Å². The van der Waals surface area contributed by atoms with Gasteiger partial charge >= 0.3 is 13.2 Å². The Bertz CT molecular complexity index is 902. The average Bonchev–Trinajstić information content (AvgIpc) is 3.19. The number of rotatable bonds is 6. The molecule has 2 heterocycles. The second-order valence-electron chi connectivity index (χ2n) is 9.95. The minimum atomic E-state index is -0.495. The molecule has 0 spiro atoms. The average molecular weight is 427 g/mol. The summed E-state index contributed by atoms with van der Waals surface area (Å²) < 4.78 is 19.6. The van der Waals surface area contributed by atoms with E-state index in [1.807, 2.05) is 56.0 Å². The SMILES string of the molecule is CC(C)(C)OC(=O)NCCCn1cc(-c2ccccc2B2OC(C)(C)C(C)(C)O2)cn1. The van der Waals surface area contributed by atoms with Crippen molar-refractivity contribution in [2.24, 2.45) is 0 Å². The fraction of sp³-hybridized carbons (Fsp3) is 0.565. The largest absolute Gasteiger partial charge is 0.495 e. The van der Waals surface area contributed by atoms with E-state index in [2.05, 4.69) is 44.2 Å². The molecule has 1 N–H and O–H groups in total. The minimum absolute atomic E-state index is 0.393. The van der Waals surface area contributed by atoms with Crippen LogP contribution in [-0.2, 0) is 20.6 Å². The van der Waals surface area contributed by atoms with Gasteiger partial charge in [0.25, 0.3) is 0 Å². The number of nitrogens with one attached hydrogen (secondary N) is 1. The van der Waals surface area contributed by atoms with Crippen LogP contribution in [0, 0.1) is 0 Å². The first-order valence-electron chi connectivity index (χ1n) is 10.8. The van der Waals surface area contributed by atoms with Crippen LogP contribution in [0.4, 0.5) is 4.79 Å². The third kappa shape index (κ3) is 5.68. The Kier molecular flexibility index (Phi) is 6.53. The highest BCUT2D eigenvalue weighted by molar-refractivity contribution is 6.63. The van der Waals surface area contributed by atoms with Crippen molar-refractivity contribution in [2.45, 2.75) is 78.2 Å². The molecule has 7 nitrogen and oxygen atoms in total. The van der Waals surface area contributed by atoms with Crippen LogP contribution < -0.4 is 10.8 Å². The fourth-order valence-electron chi connectivity index (χ4n) is 3.31. The second-order valence-corrected chi connectivity index (χ2v) is 9.95. The highest BCUT2D eigenvalue weighted by Gasteiger charge is 2.52. The lowest BCUT2D eigenvalue weighted by Gasteiger charge is -2.32. The van der Waals surface area contributed by atoms with Crippen LogP contribution in [0.15, 0.2) is 36.7 Å². The molecule has 1 aliphatic heterocycles. The smallest absolute Gasteiger partial charge is 0.444 e. The molecule has 0 unspecified atom stereocenters. The van der Waals surface area contributed by atoms with Crippen molar-refractivity contribution in [1.82, 2.24) is 15.1 Å². The van der Waals surface area contributed by atoms with Crippen LogP contribution in [0.2, 0.25) is 0 Å². The standard InChI is InChI=1S/C23H34BN3O4/c1-21(2,3)29-20(28)25-13-10-14-27-16-17(15-26-27)18-11-8-9-12-19(18)24-30-22(4,5)23(6,7)31-24/h8-9,11-12,15-16H,10,13-14H2,1-7H3,(H,25,28). The van der Waals surface area contributed by atoms with Gasteiger partial charge in [0.2, 0.25) is 0 Å². The molecule has 1 aromatic carbocycles. The molecule has 168 valence electrons. The number of benzene rings is 1. The number of alkyl carbamates (subject to hydrolysis) is 1. The summed E-state index contributed by atoms with van der Waals surface area (Å²) in [4.78, 5) is 11.7. The summed E-state index contributed by atoms with van der Waals surface area (Å²) in [5, 5.41) is 7.26. The van der Waals surface area contributed by atoms with Crippen molar-refractivity contribution in [1.29, 1.82) is 0 Å². The molecule has 1 amide bonds. The lowest BCUT2D eigenvalue weighted by atomic mass is 9.75. The van der Waals surface area contributed by atoms with E-state index < -0.39 is 30.0 Å². The van der Waals surface area contributed by atoms with Crippen molar-refractivity contribution < 1.29 is 18.8 Å². The summed E-state index contributed by atoms with van der Waals surface area (Å²) in [5.74, 6) is 0. The van der Waals surface area contributed by atoms with Gasteiger partial charge in [-0.25, -0.2) is 4.79 Å². The predicted molar refractivity (Wildman–Crippen MR) is 122 cm³/mol. The third-order valence-electron chi connectivity index (χ3n) is 5.64. The molecule has 0 saturated carbocycles. The Morgan fingerprint density at radius 1 is 1.16 bits per heavy atom. The predicted octanol–water partition coefficient (Wildman–Crippen LogP) is 3.76. The van der Waals surface area contributed by atoms with E-state index in [-0.39, 0.29) is 0 Å². The Morgan fingerprint density at radius 3 is 2.45 bits per heavy atom. The van der Waals surface area contributed by atoms with Gasteiger partial charge in [-0.3, -0.25) is 4.68 Å². The molecule has 1 saturated heterocycles. The molecule has 2 aromatic rings. The lowest BCUT2D eigenvalue weighted by molar-refractivity contribution is 0.00578. The quantitative estimate of drug-likeness (QED) is 0.561. The van der Waals surface area contributed by atoms with Crippen LogP contribution in [0.3, 0.4) is 0 Å². The van der Waals surface area contributed by atoms with Crippen molar-refractivity contribution >= 4 is 18.7 Å². The molecule has 0 atom stereocenters. The van der Waals surface area contributed by atoms with Crippen LogP contribution in [0.25, 0.3) is 11.1 Å². The zero-order valence-corrected chi connectivity index (χ0v) is 19.7. The van der Waals surface area contributed by atoms with Gasteiger partial charge in [0.05, 0.1) is 17.4 Å². The molecule has 0 aliphatic carbocycles. The van der Waals surface area contributed by atoms with Crippen LogP contribution >= 0.6 is 0 Å². The van der Waals surface area contributed by atoms with E-state index in [0.717, 1.165) is 23.0 Å². The number of hydrogen-bond donors (Lipinski definition) is 1. The molecular formula is C23H34BN3O4. The van der Waals surface area contributed by atoms with Crippen molar-refractivity contribution in [3.05, 3.63) is 36.7 Å². The molecule has 1 aromatic heterocycles. The summed E-state index contributed by atoms with van der Waals surface area (Å²) in [7, 11) is -0.428. The first-order chi connectivity index (χ1) is 14.4. The number of aromatic nitrogens is 2. The van der Waals surface area contributed by atoms with Gasteiger partial charge in [-0.05, 0) is 65.9 Å². The number of carbonyl (C=O) groups excluding carboxylic acids is 1. The molecule has 0 radical (unpaired) electrons. The highest BCUT2D eigenvalue weighted by atomic mass is 16.7. The van der Waals surface area contributed by atoms with Gasteiger partial charge in [-0.2, -0.15) is 5.10 Å². The second kappa shape index (κ2) is 8.67. The molecule has 8 heteroatoms. The number of hydrogen-bond acceptors (Lipinski definition) is 5. The van der Waals surface area contributed by atoms with Crippen molar-refractivity contribution in [3.8, 4) is 11.1 Å². The lowest BCUT2D eigenvalue weighted by Crippen LogP contribution is -2.41. The molecule has 1 aliphatic rings. The van der Waals surface area contributed by atoms with Gasteiger partial charge in [0.1, 0.15) is 5.60 Å². The van der Waals surface area contributed by atoms with E-state index in [4.69, 9.17) is 14.0 Å². The maximum atomic E-state index is 11.7. The number of ether oxygens (including phenoxy) is 1. The van der Waals surface area contributed by atoms with Crippen LogP contribution in [0.5, 0.6) is 0 Å². The first-order valence-corrected chi connectivity index (χ1v) is 10.8. The first kappa shape index (κ1) is 23.4. The molecule has 3 rings (SSSR count). The monoisotopic (exact) mass is 427 g/mol. The molecule has 1 fully saturated rings. The normalized spacial score (nSPS) is 17.6. The molecule has 31 heavy (non-hydrogen) atoms. The van der Waals surface area contributed by atoms with Gasteiger partial charge < -0.3 is 19.4 Å². The topological polar surface area (TPSA) is 74.6 Å². The number of nitrogens with zero attached hydrogens (tertiary/aromatic N) is 2.